The van der Waals surface area contributed by atoms with Crippen LogP contribution in [-0.4, -0.2) is 31.5 Å². The number of fused-ring (bicyclic) bond motifs is 1. The summed E-state index contributed by atoms with van der Waals surface area (Å²) in [6.45, 7) is 1.19. The first-order chi connectivity index (χ1) is 13.7. The van der Waals surface area contributed by atoms with Crippen molar-refractivity contribution in [3.63, 3.8) is 0 Å². The van der Waals surface area contributed by atoms with Crippen LogP contribution in [0.15, 0.2) is 71.3 Å². The number of rotatable bonds is 4. The van der Waals surface area contributed by atoms with Crippen molar-refractivity contribution in [1.29, 1.82) is 0 Å². The van der Waals surface area contributed by atoms with Crippen molar-refractivity contribution >= 4 is 21.4 Å². The maximum Gasteiger partial charge on any atom is 0.270 e. The Morgan fingerprint density at radius 3 is 2.59 bits per heavy atom. The van der Waals surface area contributed by atoms with Crippen molar-refractivity contribution < 1.29 is 21.9 Å². The molecule has 0 unspecified atom stereocenters. The van der Waals surface area contributed by atoms with Crippen molar-refractivity contribution in [2.24, 2.45) is 4.40 Å². The molecule has 0 radical (unpaired) electrons. The molecule has 2 aliphatic heterocycles. The lowest BCUT2D eigenvalue weighted by Gasteiger charge is -2.29. The topological polar surface area (TPSA) is 59.0 Å². The molecule has 0 aromatic heterocycles. The number of amidine groups is 1. The van der Waals surface area contributed by atoms with Gasteiger partial charge in [-0.05, 0) is 42.0 Å². The predicted molar refractivity (Wildman–Crippen MR) is 108 cm³/mol. The molecule has 150 valence electrons. The third-order valence-electron chi connectivity index (χ3n) is 4.60. The van der Waals surface area contributed by atoms with Gasteiger partial charge in [0.25, 0.3) is 15.9 Å². The molecule has 2 heterocycles. The summed E-state index contributed by atoms with van der Waals surface area (Å²) in [6, 6.07) is 12.7. The third-order valence-corrected chi connectivity index (χ3v) is 5.75. The molecule has 2 aromatic carbocycles. The highest BCUT2D eigenvalue weighted by molar-refractivity contribution is 7.90. The van der Waals surface area contributed by atoms with Crippen LogP contribution >= 0.6 is 0 Å². The SMILES string of the molecule is CC(F)(F)c1cccc(Oc2ccc(C3=CC=CN4CCS(=O)(=O)N=C34)cc2)c1. The zero-order chi connectivity index (χ0) is 20.6. The maximum atomic E-state index is 13.5. The number of sulfonamides is 1. The number of ether oxygens (including phenoxy) is 1. The molecule has 0 fully saturated rings. The highest BCUT2D eigenvalue weighted by Gasteiger charge is 2.27. The fourth-order valence-electron chi connectivity index (χ4n) is 3.11. The van der Waals surface area contributed by atoms with Crippen molar-refractivity contribution in [3.05, 3.63) is 78.0 Å². The fraction of sp³-hybridized carbons (Fsp3) is 0.190. The van der Waals surface area contributed by atoms with Gasteiger partial charge in [0.15, 0.2) is 5.84 Å². The van der Waals surface area contributed by atoms with Crippen LogP contribution < -0.4 is 4.74 Å². The molecule has 0 saturated heterocycles. The van der Waals surface area contributed by atoms with E-state index in [9.17, 15) is 17.2 Å². The van der Waals surface area contributed by atoms with Crippen LogP contribution in [-0.2, 0) is 15.9 Å². The number of benzene rings is 2. The molecular formula is C21H18F2N2O3S. The summed E-state index contributed by atoms with van der Waals surface area (Å²) >= 11 is 0. The van der Waals surface area contributed by atoms with Crippen molar-refractivity contribution in [2.75, 3.05) is 12.3 Å². The zero-order valence-corrected chi connectivity index (χ0v) is 16.4. The molecular weight excluding hydrogens is 398 g/mol. The second-order valence-electron chi connectivity index (χ2n) is 6.86. The highest BCUT2D eigenvalue weighted by Crippen LogP contribution is 2.32. The molecule has 29 heavy (non-hydrogen) atoms. The van der Waals surface area contributed by atoms with Crippen molar-refractivity contribution in [1.82, 2.24) is 4.90 Å². The number of alkyl halides is 2. The van der Waals surface area contributed by atoms with E-state index in [1.165, 1.54) is 18.2 Å². The molecule has 2 aliphatic rings. The number of allylic oxidation sites excluding steroid dienone is 2. The van der Waals surface area contributed by atoms with Gasteiger partial charge < -0.3 is 9.64 Å². The minimum atomic E-state index is -3.47. The molecule has 0 spiro atoms. The Bertz CT molecular complexity index is 1130. The predicted octanol–water partition coefficient (Wildman–Crippen LogP) is 4.55. The lowest BCUT2D eigenvalue weighted by molar-refractivity contribution is 0.0173. The van der Waals surface area contributed by atoms with Gasteiger partial charge in [0.1, 0.15) is 11.5 Å². The number of halogens is 2. The van der Waals surface area contributed by atoms with E-state index in [1.54, 1.807) is 47.5 Å². The van der Waals surface area contributed by atoms with E-state index in [0.29, 0.717) is 29.5 Å². The van der Waals surface area contributed by atoms with Gasteiger partial charge in [0.2, 0.25) is 0 Å². The smallest absolute Gasteiger partial charge is 0.270 e. The zero-order valence-electron chi connectivity index (χ0n) is 15.5. The molecule has 0 saturated carbocycles. The Morgan fingerprint density at radius 2 is 1.86 bits per heavy atom. The molecule has 0 amide bonds. The van der Waals surface area contributed by atoms with E-state index in [4.69, 9.17) is 4.74 Å². The quantitative estimate of drug-likeness (QED) is 0.734. The van der Waals surface area contributed by atoms with E-state index >= 15 is 0 Å². The summed E-state index contributed by atoms with van der Waals surface area (Å²) in [5.41, 5.74) is 1.34. The standard InChI is InChI=1S/C21H18F2N2O3S/c1-21(22,23)16-4-2-5-18(14-16)28-17-9-7-15(8-10-17)19-6-3-11-25-12-13-29(26,27)24-20(19)25/h2-11,14H,12-13H2,1H3. The Hall–Kier alpha value is -3.00. The van der Waals surface area contributed by atoms with Gasteiger partial charge in [-0.25, -0.2) is 17.2 Å². The molecule has 5 nitrogen and oxygen atoms in total. The maximum absolute atomic E-state index is 13.5. The molecule has 0 aliphatic carbocycles. The number of nitrogens with zero attached hydrogens (tertiary/aromatic N) is 2. The third kappa shape index (κ3) is 4.22. The molecule has 0 N–H and O–H groups in total. The van der Waals surface area contributed by atoms with E-state index in [2.05, 4.69) is 4.40 Å². The van der Waals surface area contributed by atoms with Crippen molar-refractivity contribution in [3.8, 4) is 11.5 Å². The lowest BCUT2D eigenvalue weighted by Crippen LogP contribution is -2.37. The van der Waals surface area contributed by atoms with Crippen LogP contribution in [0.2, 0.25) is 0 Å². The summed E-state index contributed by atoms with van der Waals surface area (Å²) in [5.74, 6) is -1.78. The van der Waals surface area contributed by atoms with Gasteiger partial charge in [0.05, 0.1) is 5.75 Å². The van der Waals surface area contributed by atoms with Crippen LogP contribution in [0.25, 0.3) is 5.57 Å². The van der Waals surface area contributed by atoms with Crippen molar-refractivity contribution in [2.45, 2.75) is 12.8 Å². The van der Waals surface area contributed by atoms with E-state index in [-0.39, 0.29) is 11.3 Å². The summed E-state index contributed by atoms with van der Waals surface area (Å²) < 4.78 is 60.4. The average Bonchev–Trinajstić information content (AvgIpc) is 2.67. The summed E-state index contributed by atoms with van der Waals surface area (Å²) in [7, 11) is -3.47. The highest BCUT2D eigenvalue weighted by atomic mass is 32.2. The first-order valence-electron chi connectivity index (χ1n) is 8.96. The summed E-state index contributed by atoms with van der Waals surface area (Å²) in [4.78, 5) is 1.80. The second kappa shape index (κ2) is 7.11. The van der Waals surface area contributed by atoms with Crippen LogP contribution in [0.3, 0.4) is 0 Å². The first kappa shape index (κ1) is 19.3. The summed E-state index contributed by atoms with van der Waals surface area (Å²) in [6.07, 6.45) is 5.44. The summed E-state index contributed by atoms with van der Waals surface area (Å²) in [5, 5.41) is 0. The van der Waals surface area contributed by atoms with Gasteiger partial charge in [-0.1, -0.05) is 24.3 Å². The fourth-order valence-corrected chi connectivity index (χ4v) is 4.10. The Morgan fingerprint density at radius 1 is 1.10 bits per heavy atom. The van der Waals surface area contributed by atoms with Gasteiger partial charge in [0, 0.05) is 30.8 Å². The largest absolute Gasteiger partial charge is 0.457 e. The molecule has 4 rings (SSSR count). The van der Waals surface area contributed by atoms with Gasteiger partial charge >= 0.3 is 0 Å². The Balaban J connectivity index is 1.58. The van der Waals surface area contributed by atoms with Crippen LogP contribution in [0.5, 0.6) is 11.5 Å². The molecule has 0 bridgehead atoms. The minimum absolute atomic E-state index is 0.0171. The Labute approximate surface area is 167 Å². The van der Waals surface area contributed by atoms with E-state index in [1.807, 2.05) is 6.08 Å². The van der Waals surface area contributed by atoms with Crippen LogP contribution in [0.4, 0.5) is 8.78 Å². The van der Waals surface area contributed by atoms with Gasteiger partial charge in [-0.3, -0.25) is 0 Å². The number of hydrogen-bond acceptors (Lipinski definition) is 4. The van der Waals surface area contributed by atoms with Gasteiger partial charge in [-0.2, -0.15) is 0 Å². The minimum Gasteiger partial charge on any atom is -0.457 e. The van der Waals surface area contributed by atoms with Crippen LogP contribution in [0, 0.1) is 0 Å². The second-order valence-corrected chi connectivity index (χ2v) is 8.61. The molecule has 8 heteroatoms. The number of hydrogen-bond donors (Lipinski definition) is 0. The van der Waals surface area contributed by atoms with Gasteiger partial charge in [-0.15, -0.1) is 4.40 Å². The molecule has 0 atom stereocenters. The lowest BCUT2D eigenvalue weighted by atomic mass is 10.0. The van der Waals surface area contributed by atoms with Crippen LogP contribution in [0.1, 0.15) is 18.1 Å². The van der Waals surface area contributed by atoms with E-state index < -0.39 is 15.9 Å². The van der Waals surface area contributed by atoms with E-state index in [0.717, 1.165) is 12.5 Å². The average molecular weight is 416 g/mol. The Kier molecular flexibility index (Phi) is 4.74. The first-order valence-corrected chi connectivity index (χ1v) is 10.6. The molecule has 2 aromatic rings. The monoisotopic (exact) mass is 416 g/mol. The normalized spacial score (nSPS) is 18.0.